The summed E-state index contributed by atoms with van der Waals surface area (Å²) >= 11 is 0. The Kier molecular flexibility index (Phi) is 7.01. The molecule has 0 radical (unpaired) electrons. The fourth-order valence-electron chi connectivity index (χ4n) is 2.03. The van der Waals surface area contributed by atoms with Crippen LogP contribution >= 0.6 is 0 Å². The van der Waals surface area contributed by atoms with Crippen LogP contribution in [0, 0.1) is 5.92 Å². The summed E-state index contributed by atoms with van der Waals surface area (Å²) in [5.41, 5.74) is 0.243. The number of carbonyl (C=O) groups excluding carboxylic acids is 2. The Bertz CT molecular complexity index is 600. The summed E-state index contributed by atoms with van der Waals surface area (Å²) in [6.45, 7) is 9.09. The normalized spacial score (nSPS) is 13.0. The van der Waals surface area contributed by atoms with E-state index in [0.29, 0.717) is 0 Å². The SMILES string of the molecule is COc1cccc(/C=C/C(=O)[C@H](NC(=O)OC(C)(C)C)C(C)C)c1. The minimum atomic E-state index is -0.637. The Labute approximate surface area is 144 Å². The number of nitrogens with one attached hydrogen (secondary N) is 1. The average Bonchev–Trinajstić information content (AvgIpc) is 2.48. The maximum absolute atomic E-state index is 12.4. The molecule has 0 bridgehead atoms. The number of amides is 1. The van der Waals surface area contributed by atoms with Crippen molar-refractivity contribution in [3.05, 3.63) is 35.9 Å². The van der Waals surface area contributed by atoms with Gasteiger partial charge in [0.15, 0.2) is 5.78 Å². The lowest BCUT2D eigenvalue weighted by Gasteiger charge is -2.24. The lowest BCUT2D eigenvalue weighted by molar-refractivity contribution is -0.117. The minimum Gasteiger partial charge on any atom is -0.497 e. The van der Waals surface area contributed by atoms with Gasteiger partial charge in [-0.3, -0.25) is 4.79 Å². The molecule has 0 aliphatic carbocycles. The van der Waals surface area contributed by atoms with Gasteiger partial charge in [0.05, 0.1) is 13.2 Å². The van der Waals surface area contributed by atoms with Gasteiger partial charge in [0.1, 0.15) is 11.4 Å². The molecule has 1 N–H and O–H groups in total. The zero-order valence-corrected chi connectivity index (χ0v) is 15.3. The summed E-state index contributed by atoms with van der Waals surface area (Å²) < 4.78 is 10.4. The fourth-order valence-corrected chi connectivity index (χ4v) is 2.03. The third-order valence-corrected chi connectivity index (χ3v) is 3.18. The van der Waals surface area contributed by atoms with Gasteiger partial charge >= 0.3 is 6.09 Å². The number of benzene rings is 1. The second kappa shape index (κ2) is 8.52. The number of methoxy groups -OCH3 is 1. The van der Waals surface area contributed by atoms with Crippen LogP contribution in [0.25, 0.3) is 6.08 Å². The smallest absolute Gasteiger partial charge is 0.408 e. The van der Waals surface area contributed by atoms with Crippen molar-refractivity contribution in [3.63, 3.8) is 0 Å². The predicted molar refractivity (Wildman–Crippen MR) is 95.0 cm³/mol. The van der Waals surface area contributed by atoms with E-state index in [2.05, 4.69) is 5.32 Å². The first kappa shape index (κ1) is 19.7. The molecular weight excluding hydrogens is 306 g/mol. The molecule has 1 aromatic carbocycles. The first-order valence-corrected chi connectivity index (χ1v) is 7.98. The van der Waals surface area contributed by atoms with Crippen molar-refractivity contribution in [2.75, 3.05) is 7.11 Å². The second-order valence-electron chi connectivity index (χ2n) is 6.88. The van der Waals surface area contributed by atoms with Crippen LogP contribution in [0.3, 0.4) is 0 Å². The van der Waals surface area contributed by atoms with Gasteiger partial charge in [-0.25, -0.2) is 4.79 Å². The zero-order chi connectivity index (χ0) is 18.3. The molecule has 0 aliphatic rings. The van der Waals surface area contributed by atoms with Crippen molar-refractivity contribution in [2.45, 2.75) is 46.3 Å². The van der Waals surface area contributed by atoms with Gasteiger partial charge in [0.2, 0.25) is 0 Å². The fraction of sp³-hybridized carbons (Fsp3) is 0.474. The van der Waals surface area contributed by atoms with E-state index in [-0.39, 0.29) is 11.7 Å². The highest BCUT2D eigenvalue weighted by Crippen LogP contribution is 2.14. The summed E-state index contributed by atoms with van der Waals surface area (Å²) in [5, 5.41) is 2.64. The molecule has 1 atom stereocenters. The molecule has 5 nitrogen and oxygen atoms in total. The molecule has 0 heterocycles. The van der Waals surface area contributed by atoms with Crippen molar-refractivity contribution in [1.29, 1.82) is 0 Å². The number of rotatable bonds is 6. The molecule has 0 unspecified atom stereocenters. The molecule has 24 heavy (non-hydrogen) atoms. The van der Waals surface area contributed by atoms with Gasteiger partial charge in [-0.2, -0.15) is 0 Å². The topological polar surface area (TPSA) is 64.6 Å². The molecule has 0 saturated heterocycles. The third kappa shape index (κ3) is 6.86. The number of carbonyl (C=O) groups is 2. The van der Waals surface area contributed by atoms with E-state index in [9.17, 15) is 9.59 Å². The quantitative estimate of drug-likeness (QED) is 0.804. The van der Waals surface area contributed by atoms with Crippen molar-refractivity contribution in [3.8, 4) is 5.75 Å². The number of ketones is 1. The highest BCUT2D eigenvalue weighted by atomic mass is 16.6. The molecule has 5 heteroatoms. The second-order valence-corrected chi connectivity index (χ2v) is 6.88. The maximum Gasteiger partial charge on any atom is 0.408 e. The van der Waals surface area contributed by atoms with Crippen LogP contribution in [0.4, 0.5) is 4.79 Å². The Morgan fingerprint density at radius 2 is 1.88 bits per heavy atom. The molecule has 132 valence electrons. The van der Waals surface area contributed by atoms with Gasteiger partial charge in [-0.1, -0.05) is 32.1 Å². The van der Waals surface area contributed by atoms with Crippen LogP contribution in [-0.4, -0.2) is 30.6 Å². The Balaban J connectivity index is 2.79. The van der Waals surface area contributed by atoms with E-state index in [4.69, 9.17) is 9.47 Å². The molecular formula is C19H27NO4. The first-order chi connectivity index (χ1) is 11.1. The van der Waals surface area contributed by atoms with Crippen LogP contribution in [0.1, 0.15) is 40.2 Å². The van der Waals surface area contributed by atoms with Crippen LogP contribution in [0.5, 0.6) is 5.75 Å². The Hall–Kier alpha value is -2.30. The summed E-state index contributed by atoms with van der Waals surface area (Å²) in [7, 11) is 1.59. The van der Waals surface area contributed by atoms with Gasteiger partial charge in [0.25, 0.3) is 0 Å². The molecule has 0 aliphatic heterocycles. The number of hydrogen-bond donors (Lipinski definition) is 1. The lowest BCUT2D eigenvalue weighted by atomic mass is 9.99. The monoisotopic (exact) mass is 333 g/mol. The van der Waals surface area contributed by atoms with Crippen LogP contribution in [-0.2, 0) is 9.53 Å². The minimum absolute atomic E-state index is 0.0556. The summed E-state index contributed by atoms with van der Waals surface area (Å²) in [5.74, 6) is 0.482. The van der Waals surface area contributed by atoms with Crippen LogP contribution in [0.15, 0.2) is 30.3 Å². The van der Waals surface area contributed by atoms with E-state index >= 15 is 0 Å². The molecule has 1 amide bonds. The Morgan fingerprint density at radius 1 is 1.21 bits per heavy atom. The zero-order valence-electron chi connectivity index (χ0n) is 15.3. The standard InChI is InChI=1S/C19H27NO4/c1-13(2)17(20-18(22)24-19(3,4)5)16(21)11-10-14-8-7-9-15(12-14)23-6/h7-13,17H,1-6H3,(H,20,22)/b11-10+/t17-/m1/s1. The first-order valence-electron chi connectivity index (χ1n) is 7.98. The molecule has 0 aromatic heterocycles. The van der Waals surface area contributed by atoms with Gasteiger partial charge in [0, 0.05) is 0 Å². The van der Waals surface area contributed by atoms with E-state index in [1.165, 1.54) is 6.08 Å². The highest BCUT2D eigenvalue weighted by Gasteiger charge is 2.25. The third-order valence-electron chi connectivity index (χ3n) is 3.18. The van der Waals surface area contributed by atoms with E-state index in [1.54, 1.807) is 34.0 Å². The lowest BCUT2D eigenvalue weighted by Crippen LogP contribution is -2.45. The summed E-state index contributed by atoms with van der Waals surface area (Å²) in [4.78, 5) is 24.3. The Morgan fingerprint density at radius 3 is 2.42 bits per heavy atom. The van der Waals surface area contributed by atoms with E-state index in [0.717, 1.165) is 11.3 Å². The molecule has 1 aromatic rings. The molecule has 0 spiro atoms. The van der Waals surface area contributed by atoms with E-state index in [1.807, 2.05) is 38.1 Å². The van der Waals surface area contributed by atoms with Crippen LogP contribution in [0.2, 0.25) is 0 Å². The van der Waals surface area contributed by atoms with Crippen molar-refractivity contribution < 1.29 is 19.1 Å². The maximum atomic E-state index is 12.4. The number of ether oxygens (including phenoxy) is 2. The van der Waals surface area contributed by atoms with Crippen molar-refractivity contribution in [1.82, 2.24) is 5.32 Å². The molecule has 0 fully saturated rings. The summed E-state index contributed by atoms with van der Waals surface area (Å²) in [6, 6.07) is 6.75. The van der Waals surface area contributed by atoms with Crippen LogP contribution < -0.4 is 10.1 Å². The average molecular weight is 333 g/mol. The van der Waals surface area contributed by atoms with Gasteiger partial charge < -0.3 is 14.8 Å². The molecule has 0 saturated carbocycles. The predicted octanol–water partition coefficient (Wildman–Crippen LogP) is 3.83. The summed E-state index contributed by atoms with van der Waals surface area (Å²) in [6.07, 6.45) is 2.58. The number of hydrogen-bond acceptors (Lipinski definition) is 4. The van der Waals surface area contributed by atoms with Crippen molar-refractivity contribution in [2.24, 2.45) is 5.92 Å². The van der Waals surface area contributed by atoms with E-state index < -0.39 is 17.7 Å². The van der Waals surface area contributed by atoms with Crippen molar-refractivity contribution >= 4 is 18.0 Å². The van der Waals surface area contributed by atoms with Gasteiger partial charge in [-0.05, 0) is 50.5 Å². The molecule has 1 rings (SSSR count). The number of alkyl carbamates (subject to hydrolysis) is 1. The highest BCUT2D eigenvalue weighted by molar-refractivity contribution is 5.99. The van der Waals surface area contributed by atoms with Gasteiger partial charge in [-0.15, -0.1) is 0 Å². The largest absolute Gasteiger partial charge is 0.497 e.